The average Bonchev–Trinajstić information content (AvgIpc) is 3.09. The van der Waals surface area contributed by atoms with Crippen molar-refractivity contribution in [2.45, 2.75) is 30.5 Å². The van der Waals surface area contributed by atoms with E-state index in [1.54, 1.807) is 11.8 Å². The van der Waals surface area contributed by atoms with Gasteiger partial charge >= 0.3 is 0 Å². The number of aromatic nitrogens is 2. The zero-order valence-electron chi connectivity index (χ0n) is 16.3. The molecule has 0 aliphatic rings. The standard InChI is InChI=1S/C24H23ClN2OS/c1-18-7-2-5-10-23(18)28-16-6-15-27-22-9-4-3-8-21(22)26-24(27)17-29-20-13-11-19(25)12-14-20/h2-5,7-14H,6,15-17H2,1H3. The molecule has 0 amide bonds. The van der Waals surface area contributed by atoms with Crippen LogP contribution >= 0.6 is 23.4 Å². The lowest BCUT2D eigenvalue weighted by Gasteiger charge is -2.11. The molecule has 0 fully saturated rings. The van der Waals surface area contributed by atoms with Gasteiger partial charge in [-0.1, -0.05) is 41.9 Å². The number of halogens is 1. The second-order valence-electron chi connectivity index (χ2n) is 6.88. The molecule has 0 unspecified atom stereocenters. The van der Waals surface area contributed by atoms with Crippen molar-refractivity contribution in [1.29, 1.82) is 0 Å². The summed E-state index contributed by atoms with van der Waals surface area (Å²) in [7, 11) is 0. The summed E-state index contributed by atoms with van der Waals surface area (Å²) in [5.74, 6) is 2.86. The normalized spacial score (nSPS) is 11.1. The molecule has 0 spiro atoms. The number of ether oxygens (including phenoxy) is 1. The van der Waals surface area contributed by atoms with E-state index in [0.29, 0.717) is 6.61 Å². The maximum Gasteiger partial charge on any atom is 0.122 e. The van der Waals surface area contributed by atoms with Crippen LogP contribution in [0.25, 0.3) is 11.0 Å². The average molecular weight is 423 g/mol. The molecule has 1 heterocycles. The molecule has 0 saturated carbocycles. The molecule has 1 aromatic heterocycles. The Bertz CT molecular complexity index is 1090. The number of imidazole rings is 1. The van der Waals surface area contributed by atoms with E-state index in [1.165, 1.54) is 16.0 Å². The van der Waals surface area contributed by atoms with Gasteiger partial charge < -0.3 is 9.30 Å². The minimum absolute atomic E-state index is 0.682. The molecule has 4 aromatic rings. The monoisotopic (exact) mass is 422 g/mol. The molecule has 29 heavy (non-hydrogen) atoms. The second-order valence-corrected chi connectivity index (χ2v) is 8.36. The number of hydrogen-bond donors (Lipinski definition) is 0. The molecule has 4 rings (SSSR count). The van der Waals surface area contributed by atoms with E-state index in [4.69, 9.17) is 21.3 Å². The van der Waals surface area contributed by atoms with Crippen LogP contribution in [0.2, 0.25) is 5.02 Å². The first-order chi connectivity index (χ1) is 14.2. The molecule has 0 saturated heterocycles. The van der Waals surface area contributed by atoms with Gasteiger partial charge in [-0.2, -0.15) is 0 Å². The number of nitrogens with zero attached hydrogens (tertiary/aromatic N) is 2. The Morgan fingerprint density at radius 2 is 1.72 bits per heavy atom. The summed E-state index contributed by atoms with van der Waals surface area (Å²) in [5.41, 5.74) is 3.38. The minimum atomic E-state index is 0.682. The topological polar surface area (TPSA) is 27.1 Å². The Kier molecular flexibility index (Phi) is 6.43. The highest BCUT2D eigenvalue weighted by Gasteiger charge is 2.11. The quantitative estimate of drug-likeness (QED) is 0.232. The number of aryl methyl sites for hydroxylation is 2. The molecule has 5 heteroatoms. The Morgan fingerprint density at radius 3 is 2.55 bits per heavy atom. The van der Waals surface area contributed by atoms with Gasteiger partial charge in [0.2, 0.25) is 0 Å². The van der Waals surface area contributed by atoms with Crippen LogP contribution in [0.15, 0.2) is 77.7 Å². The Balaban J connectivity index is 1.44. The molecule has 0 N–H and O–H groups in total. The third kappa shape index (κ3) is 4.95. The highest BCUT2D eigenvalue weighted by molar-refractivity contribution is 7.98. The van der Waals surface area contributed by atoms with E-state index in [0.717, 1.165) is 40.8 Å². The first-order valence-electron chi connectivity index (χ1n) is 9.71. The van der Waals surface area contributed by atoms with Crippen LogP contribution in [0.5, 0.6) is 5.75 Å². The zero-order valence-corrected chi connectivity index (χ0v) is 17.9. The summed E-state index contributed by atoms with van der Waals surface area (Å²) >= 11 is 7.77. The van der Waals surface area contributed by atoms with E-state index in [1.807, 2.05) is 36.4 Å². The number of para-hydroxylation sites is 3. The number of rotatable bonds is 8. The van der Waals surface area contributed by atoms with E-state index in [2.05, 4.69) is 47.9 Å². The van der Waals surface area contributed by atoms with Crippen molar-refractivity contribution < 1.29 is 4.74 Å². The highest BCUT2D eigenvalue weighted by atomic mass is 35.5. The molecule has 0 radical (unpaired) electrons. The van der Waals surface area contributed by atoms with E-state index in [9.17, 15) is 0 Å². The molecule has 0 atom stereocenters. The first kappa shape index (κ1) is 19.9. The van der Waals surface area contributed by atoms with Gasteiger partial charge in [-0.05, 0) is 61.4 Å². The fourth-order valence-electron chi connectivity index (χ4n) is 3.29. The van der Waals surface area contributed by atoms with Gasteiger partial charge in [0.1, 0.15) is 11.6 Å². The van der Waals surface area contributed by atoms with Crippen molar-refractivity contribution in [3.05, 3.63) is 89.2 Å². The van der Waals surface area contributed by atoms with Crippen LogP contribution in [0.1, 0.15) is 17.8 Å². The minimum Gasteiger partial charge on any atom is -0.493 e. The molecule has 0 aliphatic carbocycles. The predicted molar refractivity (Wildman–Crippen MR) is 122 cm³/mol. The lowest BCUT2D eigenvalue weighted by atomic mass is 10.2. The fourth-order valence-corrected chi connectivity index (χ4v) is 4.26. The highest BCUT2D eigenvalue weighted by Crippen LogP contribution is 2.26. The van der Waals surface area contributed by atoms with Crippen molar-refractivity contribution in [3.8, 4) is 5.75 Å². The van der Waals surface area contributed by atoms with E-state index in [-0.39, 0.29) is 0 Å². The van der Waals surface area contributed by atoms with Crippen LogP contribution in [-0.4, -0.2) is 16.2 Å². The maximum absolute atomic E-state index is 5.99. The molecule has 148 valence electrons. The summed E-state index contributed by atoms with van der Waals surface area (Å²) in [6.07, 6.45) is 0.924. The van der Waals surface area contributed by atoms with Crippen molar-refractivity contribution >= 4 is 34.4 Å². The molecule has 3 nitrogen and oxygen atoms in total. The van der Waals surface area contributed by atoms with Gasteiger partial charge in [0, 0.05) is 16.5 Å². The molecular formula is C24H23ClN2OS. The second kappa shape index (κ2) is 9.38. The third-order valence-electron chi connectivity index (χ3n) is 4.79. The fraction of sp³-hybridized carbons (Fsp3) is 0.208. The summed E-state index contributed by atoms with van der Waals surface area (Å²) in [4.78, 5) is 6.06. The SMILES string of the molecule is Cc1ccccc1OCCCn1c(CSc2ccc(Cl)cc2)nc2ccccc21. The van der Waals surface area contributed by atoms with Crippen LogP contribution in [-0.2, 0) is 12.3 Å². The molecular weight excluding hydrogens is 400 g/mol. The summed E-state index contributed by atoms with van der Waals surface area (Å²) < 4.78 is 8.29. The summed E-state index contributed by atoms with van der Waals surface area (Å²) in [6, 6.07) is 24.4. The van der Waals surface area contributed by atoms with Crippen LogP contribution < -0.4 is 4.74 Å². The van der Waals surface area contributed by atoms with Gasteiger partial charge in [-0.3, -0.25) is 0 Å². The predicted octanol–water partition coefficient (Wildman–Crippen LogP) is 6.76. The Labute approximate surface area is 180 Å². The van der Waals surface area contributed by atoms with Crippen LogP contribution in [0, 0.1) is 6.92 Å². The third-order valence-corrected chi connectivity index (χ3v) is 6.05. The van der Waals surface area contributed by atoms with Crippen molar-refractivity contribution in [1.82, 2.24) is 9.55 Å². The Morgan fingerprint density at radius 1 is 0.966 bits per heavy atom. The first-order valence-corrected chi connectivity index (χ1v) is 11.1. The lowest BCUT2D eigenvalue weighted by Crippen LogP contribution is -2.08. The van der Waals surface area contributed by atoms with Crippen LogP contribution in [0.3, 0.4) is 0 Å². The number of benzene rings is 3. The van der Waals surface area contributed by atoms with Gasteiger partial charge in [0.15, 0.2) is 0 Å². The molecule has 0 bridgehead atoms. The van der Waals surface area contributed by atoms with Crippen LogP contribution in [0.4, 0.5) is 0 Å². The zero-order chi connectivity index (χ0) is 20.1. The number of thioether (sulfide) groups is 1. The number of hydrogen-bond acceptors (Lipinski definition) is 3. The molecule has 0 aliphatic heterocycles. The van der Waals surface area contributed by atoms with Crippen molar-refractivity contribution in [2.24, 2.45) is 0 Å². The molecule has 3 aromatic carbocycles. The van der Waals surface area contributed by atoms with Gasteiger partial charge in [0.25, 0.3) is 0 Å². The van der Waals surface area contributed by atoms with Gasteiger partial charge in [-0.15, -0.1) is 11.8 Å². The van der Waals surface area contributed by atoms with Crippen molar-refractivity contribution in [3.63, 3.8) is 0 Å². The van der Waals surface area contributed by atoms with Crippen molar-refractivity contribution in [2.75, 3.05) is 6.61 Å². The summed E-state index contributed by atoms with van der Waals surface area (Å²) in [6.45, 7) is 3.63. The van der Waals surface area contributed by atoms with E-state index < -0.39 is 0 Å². The number of fused-ring (bicyclic) bond motifs is 1. The summed E-state index contributed by atoms with van der Waals surface area (Å²) in [5, 5.41) is 0.759. The van der Waals surface area contributed by atoms with Gasteiger partial charge in [0.05, 0.1) is 23.4 Å². The Hall–Kier alpha value is -2.43. The van der Waals surface area contributed by atoms with Gasteiger partial charge in [-0.25, -0.2) is 4.98 Å². The lowest BCUT2D eigenvalue weighted by molar-refractivity contribution is 0.300. The largest absolute Gasteiger partial charge is 0.493 e. The smallest absolute Gasteiger partial charge is 0.122 e. The maximum atomic E-state index is 5.99. The van der Waals surface area contributed by atoms with E-state index >= 15 is 0 Å².